The fourth-order valence-corrected chi connectivity index (χ4v) is 5.79. The maximum absolute atomic E-state index is 13.9. The molecular weight excluding hydrogens is 519 g/mol. The minimum Gasteiger partial charge on any atom is -0.369 e. The van der Waals surface area contributed by atoms with Gasteiger partial charge >= 0.3 is 0 Å². The largest absolute Gasteiger partial charge is 0.369 e. The van der Waals surface area contributed by atoms with Gasteiger partial charge in [0.1, 0.15) is 5.82 Å². The summed E-state index contributed by atoms with van der Waals surface area (Å²) in [5.41, 5.74) is 3.25. The third-order valence-corrected chi connectivity index (χ3v) is 8.03. The number of benzene rings is 3. The molecule has 214 valence electrons. The van der Waals surface area contributed by atoms with Crippen molar-refractivity contribution >= 4 is 29.1 Å². The Balaban J connectivity index is 1.37. The number of carbonyl (C=O) groups is 3. The Morgan fingerprint density at radius 1 is 0.878 bits per heavy atom. The highest BCUT2D eigenvalue weighted by Gasteiger charge is 2.27. The zero-order chi connectivity index (χ0) is 28.8. The van der Waals surface area contributed by atoms with Crippen molar-refractivity contribution in [2.45, 2.75) is 38.6 Å². The van der Waals surface area contributed by atoms with E-state index in [1.807, 2.05) is 42.5 Å². The number of rotatable bonds is 7. The molecule has 1 saturated carbocycles. The normalized spacial score (nSPS) is 15.9. The van der Waals surface area contributed by atoms with Crippen LogP contribution in [0.1, 0.15) is 58.4 Å². The first-order chi connectivity index (χ1) is 19.9. The molecule has 5 rings (SSSR count). The Kier molecular flexibility index (Phi) is 8.97. The van der Waals surface area contributed by atoms with Crippen molar-refractivity contribution in [3.8, 4) is 0 Å². The summed E-state index contributed by atoms with van der Waals surface area (Å²) in [6.07, 6.45) is 4.63. The van der Waals surface area contributed by atoms with Crippen LogP contribution in [0.25, 0.3) is 0 Å². The van der Waals surface area contributed by atoms with E-state index in [1.54, 1.807) is 35.0 Å². The van der Waals surface area contributed by atoms with Gasteiger partial charge in [0.2, 0.25) is 5.91 Å². The lowest BCUT2D eigenvalue weighted by atomic mass is 10.1. The molecule has 0 atom stereocenters. The van der Waals surface area contributed by atoms with Gasteiger partial charge in [-0.2, -0.15) is 0 Å². The van der Waals surface area contributed by atoms with Gasteiger partial charge in [-0.05, 0) is 61.2 Å². The molecule has 8 heteroatoms. The van der Waals surface area contributed by atoms with E-state index in [-0.39, 0.29) is 23.6 Å². The lowest BCUT2D eigenvalue weighted by molar-refractivity contribution is -0.119. The van der Waals surface area contributed by atoms with Crippen LogP contribution in [0.5, 0.6) is 0 Å². The third-order valence-electron chi connectivity index (χ3n) is 8.03. The molecule has 1 aliphatic heterocycles. The predicted octanol–water partition coefficient (Wildman–Crippen LogP) is 5.58. The summed E-state index contributed by atoms with van der Waals surface area (Å²) in [7, 11) is 1.78. The Bertz CT molecular complexity index is 1390. The quantitative estimate of drug-likeness (QED) is 0.413. The maximum Gasteiger partial charge on any atom is 0.256 e. The number of hydrogen-bond acceptors (Lipinski definition) is 4. The van der Waals surface area contributed by atoms with Crippen molar-refractivity contribution in [1.82, 2.24) is 9.80 Å². The van der Waals surface area contributed by atoms with Crippen molar-refractivity contribution in [3.63, 3.8) is 0 Å². The minimum absolute atomic E-state index is 0.00700. The number of amides is 3. The van der Waals surface area contributed by atoms with E-state index < -0.39 is 5.82 Å². The second-order valence-corrected chi connectivity index (χ2v) is 11.0. The molecule has 0 aromatic heterocycles. The molecule has 1 N–H and O–H groups in total. The molecule has 0 bridgehead atoms. The summed E-state index contributed by atoms with van der Waals surface area (Å²) < 4.78 is 13.7. The molecule has 3 amide bonds. The molecule has 1 aliphatic carbocycles. The van der Waals surface area contributed by atoms with E-state index in [9.17, 15) is 18.8 Å². The summed E-state index contributed by atoms with van der Waals surface area (Å²) in [4.78, 5) is 45.4. The Morgan fingerprint density at radius 3 is 2.41 bits per heavy atom. The van der Waals surface area contributed by atoms with Gasteiger partial charge in [0.15, 0.2) is 0 Å². The van der Waals surface area contributed by atoms with E-state index in [2.05, 4.69) is 10.2 Å². The summed E-state index contributed by atoms with van der Waals surface area (Å²) in [5, 5.41) is 3.04. The van der Waals surface area contributed by atoms with Gasteiger partial charge < -0.3 is 20.0 Å². The number of halogens is 1. The van der Waals surface area contributed by atoms with Crippen LogP contribution in [0.2, 0.25) is 0 Å². The minimum atomic E-state index is -0.435. The van der Waals surface area contributed by atoms with Crippen LogP contribution in [-0.2, 0) is 11.3 Å². The number of anilines is 2. The molecule has 3 aromatic rings. The highest BCUT2D eigenvalue weighted by molar-refractivity contribution is 6.02. The van der Waals surface area contributed by atoms with Crippen LogP contribution in [0.3, 0.4) is 0 Å². The van der Waals surface area contributed by atoms with Gasteiger partial charge in [-0.1, -0.05) is 49.2 Å². The number of hydrogen-bond donors (Lipinski definition) is 1. The molecule has 1 heterocycles. The zero-order valence-corrected chi connectivity index (χ0v) is 23.5. The topological polar surface area (TPSA) is 73.0 Å². The predicted molar refractivity (Wildman–Crippen MR) is 158 cm³/mol. The van der Waals surface area contributed by atoms with Gasteiger partial charge in [0.05, 0.1) is 5.56 Å². The van der Waals surface area contributed by atoms with Gasteiger partial charge in [-0.15, -0.1) is 0 Å². The van der Waals surface area contributed by atoms with E-state index in [0.717, 1.165) is 36.9 Å². The van der Waals surface area contributed by atoms with Crippen molar-refractivity contribution < 1.29 is 18.8 Å². The van der Waals surface area contributed by atoms with E-state index >= 15 is 0 Å². The maximum atomic E-state index is 13.9. The average molecular weight is 557 g/mol. The summed E-state index contributed by atoms with van der Waals surface area (Å²) in [5.74, 6) is -0.752. The second kappa shape index (κ2) is 13.0. The smallest absolute Gasteiger partial charge is 0.256 e. The lowest BCUT2D eigenvalue weighted by Gasteiger charge is -2.28. The van der Waals surface area contributed by atoms with Crippen molar-refractivity contribution in [2.24, 2.45) is 5.92 Å². The summed E-state index contributed by atoms with van der Waals surface area (Å²) in [6.45, 7) is 2.62. The molecule has 1 saturated heterocycles. The van der Waals surface area contributed by atoms with Crippen LogP contribution >= 0.6 is 0 Å². The Morgan fingerprint density at radius 2 is 1.66 bits per heavy atom. The summed E-state index contributed by atoms with van der Waals surface area (Å²) in [6, 6.07) is 21.1. The molecule has 0 unspecified atom stereocenters. The first kappa shape index (κ1) is 28.3. The Labute approximate surface area is 240 Å². The molecule has 0 radical (unpaired) electrons. The summed E-state index contributed by atoms with van der Waals surface area (Å²) >= 11 is 0. The van der Waals surface area contributed by atoms with Gasteiger partial charge in [0.25, 0.3) is 11.8 Å². The van der Waals surface area contributed by atoms with Crippen molar-refractivity contribution in [2.75, 3.05) is 43.4 Å². The van der Waals surface area contributed by atoms with Crippen LogP contribution in [-0.4, -0.2) is 60.7 Å². The number of nitrogens with one attached hydrogen (secondary N) is 1. The Hall–Kier alpha value is -4.20. The molecule has 41 heavy (non-hydrogen) atoms. The molecule has 2 fully saturated rings. The average Bonchev–Trinajstić information content (AvgIpc) is 3.42. The highest BCUT2D eigenvalue weighted by atomic mass is 19.1. The second-order valence-electron chi connectivity index (χ2n) is 11.0. The van der Waals surface area contributed by atoms with Crippen molar-refractivity contribution in [1.29, 1.82) is 0 Å². The molecule has 3 aromatic carbocycles. The number of nitrogens with zero attached hydrogens (tertiary/aromatic N) is 3. The lowest BCUT2D eigenvalue weighted by Crippen LogP contribution is -2.36. The van der Waals surface area contributed by atoms with Crippen LogP contribution in [0, 0.1) is 11.7 Å². The van der Waals surface area contributed by atoms with E-state index in [0.29, 0.717) is 56.0 Å². The SMILES string of the molecule is CN(Cc1ccccc1)C(=O)c1cc(NC(=O)C2CCCC2)ccc1N1CCCN(C(=O)c2cccc(F)c2)CC1. The fourth-order valence-electron chi connectivity index (χ4n) is 5.79. The van der Waals surface area contributed by atoms with Crippen LogP contribution in [0.4, 0.5) is 15.8 Å². The third kappa shape index (κ3) is 6.93. The zero-order valence-electron chi connectivity index (χ0n) is 23.5. The highest BCUT2D eigenvalue weighted by Crippen LogP contribution is 2.30. The van der Waals surface area contributed by atoms with E-state index in [1.165, 1.54) is 12.1 Å². The van der Waals surface area contributed by atoms with Crippen LogP contribution in [0.15, 0.2) is 72.8 Å². The molecule has 0 spiro atoms. The van der Waals surface area contributed by atoms with Gasteiger partial charge in [-0.25, -0.2) is 4.39 Å². The first-order valence-corrected chi connectivity index (χ1v) is 14.4. The van der Waals surface area contributed by atoms with Gasteiger partial charge in [-0.3, -0.25) is 14.4 Å². The fraction of sp³-hybridized carbons (Fsp3) is 0.364. The van der Waals surface area contributed by atoms with Gasteiger partial charge in [0, 0.05) is 62.6 Å². The molecular formula is C33H37FN4O3. The van der Waals surface area contributed by atoms with Crippen LogP contribution < -0.4 is 10.2 Å². The molecule has 2 aliphatic rings. The number of carbonyl (C=O) groups excluding carboxylic acids is 3. The van der Waals surface area contributed by atoms with Crippen molar-refractivity contribution in [3.05, 3.63) is 95.3 Å². The standard InChI is InChI=1S/C33H37FN4O3/c1-36(23-24-9-3-2-4-10-24)33(41)29-22-28(35-31(39)25-11-5-6-12-25)15-16-30(29)37-17-8-18-38(20-19-37)32(40)26-13-7-14-27(34)21-26/h2-4,7,9-10,13-16,21-22,25H,5-6,8,11-12,17-20,23H2,1H3,(H,35,39). The van der Waals surface area contributed by atoms with E-state index in [4.69, 9.17) is 0 Å². The monoisotopic (exact) mass is 556 g/mol. The molecule has 7 nitrogen and oxygen atoms in total. The first-order valence-electron chi connectivity index (χ1n) is 14.4.